The molecule has 3 rings (SSSR count). The van der Waals surface area contributed by atoms with Crippen LogP contribution in [-0.4, -0.2) is 42.5 Å². The minimum atomic E-state index is -3.06. The van der Waals surface area contributed by atoms with Crippen molar-refractivity contribution in [3.05, 3.63) is 53.5 Å². The Morgan fingerprint density at radius 3 is 2.73 bits per heavy atom. The highest BCUT2D eigenvalue weighted by Crippen LogP contribution is 2.26. The van der Waals surface area contributed by atoms with E-state index in [-0.39, 0.29) is 29.2 Å². The van der Waals surface area contributed by atoms with Crippen LogP contribution in [0.2, 0.25) is 0 Å². The Bertz CT molecular complexity index is 875. The van der Waals surface area contributed by atoms with Gasteiger partial charge in [-0.25, -0.2) is 8.42 Å². The molecule has 7 heteroatoms. The number of carbonyl (C=O) groups is 1. The van der Waals surface area contributed by atoms with E-state index < -0.39 is 9.84 Å². The first-order valence-corrected chi connectivity index (χ1v) is 11.4. The maximum absolute atomic E-state index is 12.9. The molecular formula is C19H23NO4S2. The third kappa shape index (κ3) is 4.71. The van der Waals surface area contributed by atoms with E-state index in [0.29, 0.717) is 18.7 Å². The van der Waals surface area contributed by atoms with Crippen molar-refractivity contribution in [1.29, 1.82) is 0 Å². The van der Waals surface area contributed by atoms with Crippen LogP contribution in [0, 0.1) is 13.8 Å². The Morgan fingerprint density at radius 1 is 1.31 bits per heavy atom. The number of sulfone groups is 1. The molecule has 0 bridgehead atoms. The van der Waals surface area contributed by atoms with Crippen molar-refractivity contribution in [3.63, 3.8) is 0 Å². The maximum atomic E-state index is 12.9. The highest BCUT2D eigenvalue weighted by atomic mass is 32.2. The summed E-state index contributed by atoms with van der Waals surface area (Å²) in [5, 5.41) is 0. The van der Waals surface area contributed by atoms with E-state index in [2.05, 4.69) is 6.07 Å². The summed E-state index contributed by atoms with van der Waals surface area (Å²) in [5.41, 5.74) is 2.33. The number of aryl methyl sites for hydroxylation is 2. The van der Waals surface area contributed by atoms with Crippen molar-refractivity contribution in [1.82, 2.24) is 4.90 Å². The lowest BCUT2D eigenvalue weighted by Crippen LogP contribution is -2.41. The highest BCUT2D eigenvalue weighted by Gasteiger charge is 2.35. The fraction of sp³-hybridized carbons (Fsp3) is 0.421. The topological polar surface area (TPSA) is 67.6 Å². The molecule has 0 radical (unpaired) electrons. The number of thioether (sulfide) groups is 1. The first-order chi connectivity index (χ1) is 12.3. The summed E-state index contributed by atoms with van der Waals surface area (Å²) in [7, 11) is -3.06. The van der Waals surface area contributed by atoms with Gasteiger partial charge in [-0.15, -0.1) is 11.8 Å². The van der Waals surface area contributed by atoms with Crippen LogP contribution in [0.25, 0.3) is 0 Å². The molecule has 26 heavy (non-hydrogen) atoms. The van der Waals surface area contributed by atoms with Gasteiger partial charge in [-0.1, -0.05) is 17.7 Å². The van der Waals surface area contributed by atoms with Gasteiger partial charge in [-0.2, -0.15) is 0 Å². The van der Waals surface area contributed by atoms with E-state index in [1.807, 2.05) is 26.0 Å². The van der Waals surface area contributed by atoms with Crippen LogP contribution in [0.5, 0.6) is 0 Å². The van der Waals surface area contributed by atoms with Gasteiger partial charge in [0.25, 0.3) is 0 Å². The van der Waals surface area contributed by atoms with Crippen molar-refractivity contribution in [2.75, 3.05) is 17.3 Å². The molecule has 0 spiro atoms. The number of rotatable bonds is 6. The number of benzene rings is 1. The number of nitrogens with zero attached hydrogens (tertiary/aromatic N) is 1. The second kappa shape index (κ2) is 7.88. The predicted molar refractivity (Wildman–Crippen MR) is 103 cm³/mol. The molecule has 1 aromatic carbocycles. The highest BCUT2D eigenvalue weighted by molar-refractivity contribution is 8.00. The van der Waals surface area contributed by atoms with Gasteiger partial charge in [-0.3, -0.25) is 4.79 Å². The van der Waals surface area contributed by atoms with E-state index in [1.165, 1.54) is 17.3 Å². The number of carbonyl (C=O) groups excluding carboxylic acids is 1. The molecule has 0 saturated carbocycles. The number of hydrogen-bond acceptors (Lipinski definition) is 5. The molecule has 0 unspecified atom stereocenters. The molecule has 2 heterocycles. The average molecular weight is 394 g/mol. The van der Waals surface area contributed by atoms with Crippen LogP contribution < -0.4 is 0 Å². The summed E-state index contributed by atoms with van der Waals surface area (Å²) in [4.78, 5) is 15.6. The Labute approximate surface area is 158 Å². The zero-order valence-corrected chi connectivity index (χ0v) is 16.6. The fourth-order valence-corrected chi connectivity index (χ4v) is 5.82. The van der Waals surface area contributed by atoms with Crippen molar-refractivity contribution in [2.45, 2.75) is 37.8 Å². The molecule has 0 N–H and O–H groups in total. The summed E-state index contributed by atoms with van der Waals surface area (Å²) in [6, 6.07) is 9.45. The van der Waals surface area contributed by atoms with Crippen LogP contribution in [-0.2, 0) is 21.2 Å². The molecular weight excluding hydrogens is 370 g/mol. The first-order valence-electron chi connectivity index (χ1n) is 8.56. The molecule has 1 aromatic heterocycles. The SMILES string of the molecule is Cc1ccc(SCC(=O)N(Cc2ccco2)[C@@H]2CCS(=O)(=O)C2)c(C)c1. The van der Waals surface area contributed by atoms with E-state index in [9.17, 15) is 13.2 Å². The molecule has 1 fully saturated rings. The Balaban J connectivity index is 1.71. The molecule has 0 aliphatic carbocycles. The zero-order chi connectivity index (χ0) is 18.7. The van der Waals surface area contributed by atoms with E-state index >= 15 is 0 Å². The number of hydrogen-bond donors (Lipinski definition) is 0. The third-order valence-corrected chi connectivity index (χ3v) is 7.47. The fourth-order valence-electron chi connectivity index (χ4n) is 3.20. The smallest absolute Gasteiger partial charge is 0.233 e. The largest absolute Gasteiger partial charge is 0.467 e. The van der Waals surface area contributed by atoms with Crippen molar-refractivity contribution >= 4 is 27.5 Å². The van der Waals surface area contributed by atoms with Gasteiger partial charge in [0.15, 0.2) is 9.84 Å². The summed E-state index contributed by atoms with van der Waals surface area (Å²) in [5.74, 6) is 1.06. The summed E-state index contributed by atoms with van der Waals surface area (Å²) >= 11 is 1.49. The number of amides is 1. The predicted octanol–water partition coefficient (Wildman–Crippen LogP) is 3.20. The monoisotopic (exact) mass is 393 g/mol. The van der Waals surface area contributed by atoms with Gasteiger partial charge in [0.1, 0.15) is 5.76 Å². The van der Waals surface area contributed by atoms with Gasteiger partial charge in [0, 0.05) is 10.9 Å². The quantitative estimate of drug-likeness (QED) is 0.705. The lowest BCUT2D eigenvalue weighted by molar-refractivity contribution is -0.131. The van der Waals surface area contributed by atoms with Gasteiger partial charge in [0.05, 0.1) is 30.1 Å². The molecule has 2 aromatic rings. The Morgan fingerprint density at radius 2 is 2.12 bits per heavy atom. The zero-order valence-electron chi connectivity index (χ0n) is 15.0. The second-order valence-corrected chi connectivity index (χ2v) is 9.96. The minimum Gasteiger partial charge on any atom is -0.467 e. The Hall–Kier alpha value is -1.73. The Kier molecular flexibility index (Phi) is 5.77. The molecule has 140 valence electrons. The second-order valence-electron chi connectivity index (χ2n) is 6.72. The van der Waals surface area contributed by atoms with E-state index in [1.54, 1.807) is 23.3 Å². The molecule has 1 atom stereocenters. The van der Waals surface area contributed by atoms with Crippen molar-refractivity contribution < 1.29 is 17.6 Å². The van der Waals surface area contributed by atoms with E-state index in [0.717, 1.165) is 10.5 Å². The molecule has 1 saturated heterocycles. The van der Waals surface area contributed by atoms with Gasteiger partial charge in [0.2, 0.25) is 5.91 Å². The van der Waals surface area contributed by atoms with Crippen LogP contribution in [0.1, 0.15) is 23.3 Å². The summed E-state index contributed by atoms with van der Waals surface area (Å²) in [6.45, 7) is 4.38. The maximum Gasteiger partial charge on any atom is 0.233 e. The normalized spacial score (nSPS) is 18.8. The summed E-state index contributed by atoms with van der Waals surface area (Å²) in [6.07, 6.45) is 2.05. The number of furan rings is 1. The van der Waals surface area contributed by atoms with Crippen LogP contribution in [0.15, 0.2) is 45.9 Å². The van der Waals surface area contributed by atoms with Crippen LogP contribution in [0.3, 0.4) is 0 Å². The molecule has 5 nitrogen and oxygen atoms in total. The van der Waals surface area contributed by atoms with Gasteiger partial charge in [-0.05, 0) is 44.0 Å². The van der Waals surface area contributed by atoms with Gasteiger partial charge < -0.3 is 9.32 Å². The average Bonchev–Trinajstić information content (AvgIpc) is 3.20. The van der Waals surface area contributed by atoms with Crippen LogP contribution in [0.4, 0.5) is 0 Å². The van der Waals surface area contributed by atoms with E-state index in [4.69, 9.17) is 4.42 Å². The van der Waals surface area contributed by atoms with Crippen molar-refractivity contribution in [2.24, 2.45) is 0 Å². The lowest BCUT2D eigenvalue weighted by Gasteiger charge is -2.27. The van der Waals surface area contributed by atoms with Crippen LogP contribution >= 0.6 is 11.8 Å². The van der Waals surface area contributed by atoms with Crippen molar-refractivity contribution in [3.8, 4) is 0 Å². The van der Waals surface area contributed by atoms with Gasteiger partial charge >= 0.3 is 0 Å². The lowest BCUT2D eigenvalue weighted by atomic mass is 10.2. The summed E-state index contributed by atoms with van der Waals surface area (Å²) < 4.78 is 29.1. The first kappa shape index (κ1) is 19.0. The minimum absolute atomic E-state index is 0.0354. The third-order valence-electron chi connectivity index (χ3n) is 4.56. The standard InChI is InChI=1S/C19H23NO4S2/c1-14-5-6-18(15(2)10-14)25-12-19(21)20(11-17-4-3-8-24-17)16-7-9-26(22,23)13-16/h3-6,8,10,16H,7,9,11-13H2,1-2H3/t16-/m1/s1. The molecule has 1 aliphatic heterocycles. The molecule has 1 amide bonds. The molecule has 1 aliphatic rings.